The molecule has 55 heavy (non-hydrogen) atoms. The molecule has 0 saturated carbocycles. The minimum atomic E-state index is 0.752. The molecule has 0 saturated heterocycles. The van der Waals surface area contributed by atoms with E-state index in [2.05, 4.69) is 93.2 Å². The van der Waals surface area contributed by atoms with Gasteiger partial charge < -0.3 is 5.73 Å². The van der Waals surface area contributed by atoms with E-state index in [1.54, 1.807) is 45.8 Å². The smallest absolute Gasteiger partial charge is 0.136 e. The maximum absolute atomic E-state index is 6.53. The lowest BCUT2D eigenvalue weighted by Crippen LogP contribution is -1.87. The number of hydrogen-bond acceptors (Lipinski definition) is 6. The van der Waals surface area contributed by atoms with E-state index < -0.39 is 0 Å². The molecule has 0 unspecified atom stereocenters. The summed E-state index contributed by atoms with van der Waals surface area (Å²) >= 11 is 6.74. The molecule has 0 atom stereocenters. The number of thiazole rings is 1. The second kappa shape index (κ2) is 24.9. The van der Waals surface area contributed by atoms with Crippen molar-refractivity contribution in [3.05, 3.63) is 95.4 Å². The number of aryl methyl sites for hydroxylation is 2. The molecule has 0 aliphatic carbocycles. The number of hydrogen-bond donors (Lipinski definition) is 1. The van der Waals surface area contributed by atoms with Crippen molar-refractivity contribution >= 4 is 55.7 Å². The number of thiophene rings is 2. The van der Waals surface area contributed by atoms with E-state index in [4.69, 9.17) is 10.7 Å². The number of aromatic nitrogens is 1. The first-order valence-corrected chi connectivity index (χ1v) is 24.8. The number of thioether (sulfide) groups is 1. The average molecular weight is 811 g/mol. The normalized spacial score (nSPS) is 11.5. The molecule has 0 fully saturated rings. The van der Waals surface area contributed by atoms with Gasteiger partial charge >= 0.3 is 0 Å². The van der Waals surface area contributed by atoms with Crippen molar-refractivity contribution in [2.75, 3.05) is 5.73 Å². The molecule has 0 aliphatic heterocycles. The zero-order valence-corrected chi connectivity index (χ0v) is 37.1. The zero-order valence-electron chi connectivity index (χ0n) is 33.8. The Balaban J connectivity index is 1.03. The van der Waals surface area contributed by atoms with Gasteiger partial charge in [-0.15, -0.1) is 22.7 Å². The number of benzene rings is 2. The van der Waals surface area contributed by atoms with Crippen LogP contribution in [0.5, 0.6) is 0 Å². The number of rotatable bonds is 28. The van der Waals surface area contributed by atoms with Crippen LogP contribution in [0, 0.1) is 0 Å². The van der Waals surface area contributed by atoms with E-state index in [0.717, 1.165) is 24.8 Å². The van der Waals surface area contributed by atoms with E-state index in [1.807, 2.05) is 0 Å². The highest BCUT2D eigenvalue weighted by atomic mass is 32.2. The Morgan fingerprint density at radius 2 is 0.927 bits per heavy atom. The molecule has 0 amide bonds. The van der Waals surface area contributed by atoms with Crippen molar-refractivity contribution in [3.8, 4) is 30.8 Å². The predicted molar refractivity (Wildman–Crippen MR) is 251 cm³/mol. The van der Waals surface area contributed by atoms with Crippen LogP contribution in [-0.4, -0.2) is 4.98 Å². The molecule has 6 heteroatoms. The first-order valence-electron chi connectivity index (χ1n) is 21.6. The molecule has 0 radical (unpaired) electrons. The Kier molecular flexibility index (Phi) is 19.7. The van der Waals surface area contributed by atoms with Crippen LogP contribution in [0.2, 0.25) is 0 Å². The Bertz CT molecular complexity index is 1790. The molecule has 2 N–H and O–H groups in total. The largest absolute Gasteiger partial charge is 0.388 e. The summed E-state index contributed by atoms with van der Waals surface area (Å²) < 4.78 is 0. The minimum absolute atomic E-state index is 0.752. The number of unbranched alkanes of at least 4 members (excludes halogenated alkanes) is 18. The summed E-state index contributed by atoms with van der Waals surface area (Å²) in [5.74, 6) is 0. The van der Waals surface area contributed by atoms with Crippen LogP contribution < -0.4 is 5.73 Å². The second-order valence-corrected chi connectivity index (χ2v) is 19.6. The standard InChI is InChI=1S/C49H66N2S4/c1-4-6-8-10-12-14-16-18-20-22-24-39-26-30-41(31-27-39)44-35-34-43(53-44)38(3)52-49-47(50)55-48(51-49)46-37-36-45(54-46)42-32-28-40(29-33-42)25-23-21-19-17-15-13-11-9-7-5-2/h26-37H,3-25,50H2,1-2H3. The van der Waals surface area contributed by atoms with Crippen LogP contribution in [0.15, 0.2) is 84.4 Å². The fourth-order valence-corrected chi connectivity index (χ4v) is 11.1. The van der Waals surface area contributed by atoms with Crippen molar-refractivity contribution in [3.63, 3.8) is 0 Å². The number of nitrogens with zero attached hydrogens (tertiary/aromatic N) is 1. The van der Waals surface area contributed by atoms with E-state index in [9.17, 15) is 0 Å². The minimum Gasteiger partial charge on any atom is -0.388 e. The summed E-state index contributed by atoms with van der Waals surface area (Å²) in [6.45, 7) is 9.00. The fourth-order valence-electron chi connectivity index (χ4n) is 7.22. The third-order valence-corrected chi connectivity index (χ3v) is 15.3. The van der Waals surface area contributed by atoms with E-state index >= 15 is 0 Å². The van der Waals surface area contributed by atoms with Gasteiger partial charge in [-0.3, -0.25) is 0 Å². The lowest BCUT2D eigenvalue weighted by molar-refractivity contribution is 0.556. The Morgan fingerprint density at radius 3 is 1.42 bits per heavy atom. The molecule has 0 bridgehead atoms. The topological polar surface area (TPSA) is 38.9 Å². The van der Waals surface area contributed by atoms with Gasteiger partial charge in [0.15, 0.2) is 0 Å². The van der Waals surface area contributed by atoms with Gasteiger partial charge in [0.2, 0.25) is 0 Å². The van der Waals surface area contributed by atoms with Crippen LogP contribution in [0.4, 0.5) is 5.00 Å². The summed E-state index contributed by atoms with van der Waals surface area (Å²) in [5, 5.41) is 2.58. The van der Waals surface area contributed by atoms with Crippen molar-refractivity contribution in [2.24, 2.45) is 0 Å². The summed E-state index contributed by atoms with van der Waals surface area (Å²) in [6.07, 6.45) is 30.0. The SMILES string of the molecule is C=C(Sc1nc(-c2ccc(-c3ccc(CCCCCCCCCCCC)cc3)s2)sc1N)c1ccc(-c2ccc(CCCCCCCCCCCC)cc2)s1. The van der Waals surface area contributed by atoms with Crippen LogP contribution in [0.25, 0.3) is 35.7 Å². The predicted octanol–water partition coefficient (Wildman–Crippen LogP) is 17.5. The molecule has 3 heterocycles. The molecular formula is C49H66N2S4. The third kappa shape index (κ3) is 15.0. The Morgan fingerprint density at radius 1 is 0.509 bits per heavy atom. The van der Waals surface area contributed by atoms with Gasteiger partial charge in [0.1, 0.15) is 15.0 Å². The lowest BCUT2D eigenvalue weighted by Gasteiger charge is -2.05. The van der Waals surface area contributed by atoms with Gasteiger partial charge in [-0.05, 0) is 72.2 Å². The van der Waals surface area contributed by atoms with Crippen LogP contribution in [0.1, 0.15) is 158 Å². The highest BCUT2D eigenvalue weighted by Crippen LogP contribution is 2.45. The first-order chi connectivity index (χ1) is 27.0. The van der Waals surface area contributed by atoms with Gasteiger partial charge in [0.05, 0.1) is 4.88 Å². The molecule has 5 rings (SSSR count). The summed E-state index contributed by atoms with van der Waals surface area (Å²) in [4.78, 5) is 10.8. The van der Waals surface area contributed by atoms with Crippen molar-refractivity contribution in [1.82, 2.24) is 4.98 Å². The molecule has 5 aromatic rings. The summed E-state index contributed by atoms with van der Waals surface area (Å²) in [7, 11) is 0. The zero-order chi connectivity index (χ0) is 38.5. The number of anilines is 1. The Hall–Kier alpha value is -2.64. The maximum atomic E-state index is 6.53. The highest BCUT2D eigenvalue weighted by Gasteiger charge is 2.16. The van der Waals surface area contributed by atoms with Crippen LogP contribution in [-0.2, 0) is 12.8 Å². The highest BCUT2D eigenvalue weighted by molar-refractivity contribution is 8.08. The number of nitrogen functional groups attached to an aromatic ring is 1. The van der Waals surface area contributed by atoms with E-state index in [1.165, 1.54) is 178 Å². The van der Waals surface area contributed by atoms with Gasteiger partial charge in [-0.2, -0.15) is 0 Å². The maximum Gasteiger partial charge on any atom is 0.136 e. The fraction of sp³-hybridized carbons (Fsp3) is 0.490. The van der Waals surface area contributed by atoms with E-state index in [0.29, 0.717) is 0 Å². The molecule has 2 nitrogen and oxygen atoms in total. The quantitative estimate of drug-likeness (QED) is 0.0404. The third-order valence-electron chi connectivity index (χ3n) is 10.7. The average Bonchev–Trinajstić information content (AvgIpc) is 3.98. The molecular weight excluding hydrogens is 745 g/mol. The van der Waals surface area contributed by atoms with Crippen LogP contribution in [0.3, 0.4) is 0 Å². The monoisotopic (exact) mass is 810 g/mol. The van der Waals surface area contributed by atoms with Crippen molar-refractivity contribution < 1.29 is 0 Å². The van der Waals surface area contributed by atoms with E-state index in [-0.39, 0.29) is 0 Å². The van der Waals surface area contributed by atoms with Gasteiger partial charge in [-0.1, -0.05) is 208 Å². The lowest BCUT2D eigenvalue weighted by atomic mass is 10.0. The molecule has 3 aromatic heterocycles. The molecule has 2 aromatic carbocycles. The molecule has 0 aliphatic rings. The summed E-state index contributed by atoms with van der Waals surface area (Å²) in [6, 6.07) is 27.2. The van der Waals surface area contributed by atoms with Gasteiger partial charge in [-0.25, -0.2) is 4.98 Å². The van der Waals surface area contributed by atoms with Crippen LogP contribution >= 0.6 is 45.8 Å². The Labute approximate surface area is 350 Å². The second-order valence-electron chi connectivity index (χ2n) is 15.3. The summed E-state index contributed by atoms with van der Waals surface area (Å²) in [5.41, 5.74) is 12.0. The molecule has 0 spiro atoms. The van der Waals surface area contributed by atoms with Crippen molar-refractivity contribution in [2.45, 2.75) is 160 Å². The van der Waals surface area contributed by atoms with Gasteiger partial charge in [0.25, 0.3) is 0 Å². The van der Waals surface area contributed by atoms with Crippen molar-refractivity contribution in [1.29, 1.82) is 0 Å². The number of nitrogens with two attached hydrogens (primary N) is 1. The first kappa shape index (κ1) is 43.5. The molecule has 296 valence electrons. The van der Waals surface area contributed by atoms with Gasteiger partial charge in [0, 0.05) is 19.5 Å².